The maximum absolute atomic E-state index is 12.3. The number of esters is 1. The van der Waals surface area contributed by atoms with E-state index in [0.717, 1.165) is 5.56 Å². The number of carboxylic acids is 1. The Labute approximate surface area is 166 Å². The van der Waals surface area contributed by atoms with Gasteiger partial charge in [0.1, 0.15) is 5.75 Å². The number of aromatic carboxylic acids is 1. The number of nitrogens with zero attached hydrogens (tertiary/aromatic N) is 1. The van der Waals surface area contributed by atoms with Gasteiger partial charge in [0.15, 0.2) is 0 Å². The van der Waals surface area contributed by atoms with Gasteiger partial charge in [0.2, 0.25) is 0 Å². The Morgan fingerprint density at radius 1 is 1.00 bits per heavy atom. The number of benzene rings is 3. The van der Waals surface area contributed by atoms with Crippen molar-refractivity contribution in [1.82, 2.24) is 0 Å². The van der Waals surface area contributed by atoms with Crippen molar-refractivity contribution in [3.63, 3.8) is 0 Å². The lowest BCUT2D eigenvalue weighted by Crippen LogP contribution is -2.08. The summed E-state index contributed by atoms with van der Waals surface area (Å²) in [5, 5.41) is 9.43. The Bertz CT molecular complexity index is 1080. The van der Waals surface area contributed by atoms with Gasteiger partial charge in [-0.1, -0.05) is 35.4 Å². The van der Waals surface area contributed by atoms with Crippen LogP contribution in [-0.4, -0.2) is 23.3 Å². The van der Waals surface area contributed by atoms with E-state index in [9.17, 15) is 9.59 Å². The molecule has 0 atom stereocenters. The molecule has 0 heterocycles. The normalized spacial score (nSPS) is 10.8. The zero-order valence-electron chi connectivity index (χ0n) is 14.9. The molecule has 0 aromatic heterocycles. The molecular formula is C22H16ClNO4. The molecule has 0 aliphatic carbocycles. The van der Waals surface area contributed by atoms with E-state index in [-0.39, 0.29) is 5.56 Å². The first-order valence-corrected chi connectivity index (χ1v) is 8.75. The number of aryl methyl sites for hydroxylation is 1. The second kappa shape index (κ2) is 8.50. The maximum atomic E-state index is 12.3. The molecule has 5 nitrogen and oxygen atoms in total. The second-order valence-corrected chi connectivity index (χ2v) is 6.53. The molecule has 6 heteroatoms. The Balaban J connectivity index is 1.80. The second-order valence-electron chi connectivity index (χ2n) is 6.09. The number of carboxylic acid groups (broad SMARTS) is 1. The molecule has 0 fully saturated rings. The molecule has 0 aliphatic heterocycles. The third-order valence-electron chi connectivity index (χ3n) is 3.81. The van der Waals surface area contributed by atoms with Crippen molar-refractivity contribution >= 4 is 35.4 Å². The van der Waals surface area contributed by atoms with E-state index in [2.05, 4.69) is 4.99 Å². The highest BCUT2D eigenvalue weighted by atomic mass is 35.5. The smallest absolute Gasteiger partial charge is 0.343 e. The number of carbonyl (C=O) groups excluding carboxylic acids is 1. The molecule has 140 valence electrons. The lowest BCUT2D eigenvalue weighted by Gasteiger charge is -2.07. The monoisotopic (exact) mass is 393 g/mol. The first-order valence-electron chi connectivity index (χ1n) is 8.37. The zero-order valence-corrected chi connectivity index (χ0v) is 15.7. The van der Waals surface area contributed by atoms with Crippen molar-refractivity contribution < 1.29 is 19.4 Å². The van der Waals surface area contributed by atoms with Gasteiger partial charge in [0, 0.05) is 11.2 Å². The number of rotatable bonds is 5. The fourth-order valence-corrected chi connectivity index (χ4v) is 2.76. The lowest BCUT2D eigenvalue weighted by atomic mass is 10.1. The topological polar surface area (TPSA) is 76.0 Å². The van der Waals surface area contributed by atoms with Gasteiger partial charge in [-0.25, -0.2) is 9.59 Å². The largest absolute Gasteiger partial charge is 0.478 e. The minimum Gasteiger partial charge on any atom is -0.478 e. The van der Waals surface area contributed by atoms with Gasteiger partial charge in [0.05, 0.1) is 16.8 Å². The number of aliphatic imine (C=N–C) groups is 1. The van der Waals surface area contributed by atoms with Gasteiger partial charge in [-0.2, -0.15) is 0 Å². The van der Waals surface area contributed by atoms with Crippen molar-refractivity contribution in [2.75, 3.05) is 0 Å². The zero-order chi connectivity index (χ0) is 20.1. The van der Waals surface area contributed by atoms with E-state index in [1.165, 1.54) is 24.4 Å². The lowest BCUT2D eigenvalue weighted by molar-refractivity contribution is 0.0694. The Kier molecular flexibility index (Phi) is 5.87. The van der Waals surface area contributed by atoms with Crippen LogP contribution in [-0.2, 0) is 0 Å². The van der Waals surface area contributed by atoms with Gasteiger partial charge < -0.3 is 9.84 Å². The molecule has 3 aromatic rings. The van der Waals surface area contributed by atoms with Crippen LogP contribution in [0.4, 0.5) is 5.69 Å². The summed E-state index contributed by atoms with van der Waals surface area (Å²) in [4.78, 5) is 27.6. The number of hydrogen-bond donors (Lipinski definition) is 1. The average Bonchev–Trinajstić information content (AvgIpc) is 2.66. The minimum absolute atomic E-state index is 0.147. The summed E-state index contributed by atoms with van der Waals surface area (Å²) < 4.78 is 5.42. The fourth-order valence-electron chi connectivity index (χ4n) is 2.52. The molecule has 3 rings (SSSR count). The molecule has 3 aromatic carbocycles. The predicted octanol–water partition coefficient (Wildman–Crippen LogP) is 5.32. The first-order chi connectivity index (χ1) is 13.4. The van der Waals surface area contributed by atoms with Crippen LogP contribution in [0.3, 0.4) is 0 Å². The summed E-state index contributed by atoms with van der Waals surface area (Å²) in [7, 11) is 0. The number of hydrogen-bond acceptors (Lipinski definition) is 4. The van der Waals surface area contributed by atoms with Crippen molar-refractivity contribution in [3.8, 4) is 5.75 Å². The maximum Gasteiger partial charge on any atom is 0.343 e. The third-order valence-corrected chi connectivity index (χ3v) is 4.03. The summed E-state index contributed by atoms with van der Waals surface area (Å²) in [5.74, 6) is -1.21. The molecule has 0 spiro atoms. The van der Waals surface area contributed by atoms with Crippen LogP contribution in [0.2, 0.25) is 5.02 Å². The summed E-state index contributed by atoms with van der Waals surface area (Å²) >= 11 is 6.12. The molecule has 0 saturated heterocycles. The van der Waals surface area contributed by atoms with Gasteiger partial charge in [-0.05, 0) is 61.0 Å². The number of carbonyl (C=O) groups is 2. The van der Waals surface area contributed by atoms with Crippen LogP contribution < -0.4 is 4.74 Å². The standard InChI is InChI=1S/C22H16ClNO4/c1-14-4-2-6-17(8-14)22(27)28-20-10-15(9-18(23)12-20)13-24-19-7-3-5-16(11-19)21(25)26/h2-13H,1H3,(H,25,26). The summed E-state index contributed by atoms with van der Waals surface area (Å²) in [6.45, 7) is 1.89. The van der Waals surface area contributed by atoms with E-state index >= 15 is 0 Å². The molecule has 1 N–H and O–H groups in total. The van der Waals surface area contributed by atoms with Gasteiger partial charge in [-0.3, -0.25) is 4.99 Å². The van der Waals surface area contributed by atoms with E-state index in [1.807, 2.05) is 13.0 Å². The van der Waals surface area contributed by atoms with Crippen LogP contribution in [0.15, 0.2) is 71.7 Å². The van der Waals surface area contributed by atoms with Crippen LogP contribution in [0.1, 0.15) is 31.8 Å². The predicted molar refractivity (Wildman–Crippen MR) is 108 cm³/mol. The molecule has 0 amide bonds. The van der Waals surface area contributed by atoms with E-state index < -0.39 is 11.9 Å². The summed E-state index contributed by atoms with van der Waals surface area (Å²) in [6.07, 6.45) is 1.52. The third kappa shape index (κ3) is 5.05. The molecule has 28 heavy (non-hydrogen) atoms. The van der Waals surface area contributed by atoms with E-state index in [1.54, 1.807) is 42.5 Å². The molecule has 0 unspecified atom stereocenters. The van der Waals surface area contributed by atoms with Crippen LogP contribution in [0.5, 0.6) is 5.75 Å². The van der Waals surface area contributed by atoms with Gasteiger partial charge in [0.25, 0.3) is 0 Å². The van der Waals surface area contributed by atoms with Crippen molar-refractivity contribution in [2.24, 2.45) is 4.99 Å². The van der Waals surface area contributed by atoms with Crippen LogP contribution in [0.25, 0.3) is 0 Å². The van der Waals surface area contributed by atoms with Crippen molar-refractivity contribution in [1.29, 1.82) is 0 Å². The number of ether oxygens (including phenoxy) is 1. The number of halogens is 1. The molecule has 0 aliphatic rings. The highest BCUT2D eigenvalue weighted by Gasteiger charge is 2.10. The molecule has 0 radical (unpaired) electrons. The van der Waals surface area contributed by atoms with Crippen molar-refractivity contribution in [2.45, 2.75) is 6.92 Å². The molecular weight excluding hydrogens is 378 g/mol. The van der Waals surface area contributed by atoms with Crippen LogP contribution in [0, 0.1) is 6.92 Å². The summed E-state index contributed by atoms with van der Waals surface area (Å²) in [5.41, 5.74) is 2.64. The molecule has 0 bridgehead atoms. The SMILES string of the molecule is Cc1cccc(C(=O)Oc2cc(Cl)cc(C=Nc3cccc(C(=O)O)c3)c2)c1. The van der Waals surface area contributed by atoms with E-state index in [4.69, 9.17) is 21.4 Å². The van der Waals surface area contributed by atoms with E-state index in [0.29, 0.717) is 27.6 Å². The Morgan fingerprint density at radius 2 is 1.75 bits per heavy atom. The van der Waals surface area contributed by atoms with Crippen LogP contribution >= 0.6 is 11.6 Å². The first kappa shape index (κ1) is 19.3. The minimum atomic E-state index is -1.02. The Morgan fingerprint density at radius 3 is 2.50 bits per heavy atom. The van der Waals surface area contributed by atoms with Gasteiger partial charge in [-0.15, -0.1) is 0 Å². The quantitative estimate of drug-likeness (QED) is 0.361. The van der Waals surface area contributed by atoms with Crippen molar-refractivity contribution in [3.05, 3.63) is 94.0 Å². The molecule has 0 saturated carbocycles. The fraction of sp³-hybridized carbons (Fsp3) is 0.0455. The highest BCUT2D eigenvalue weighted by Crippen LogP contribution is 2.22. The van der Waals surface area contributed by atoms with Gasteiger partial charge >= 0.3 is 11.9 Å². The summed E-state index contributed by atoms with van der Waals surface area (Å²) in [6, 6.07) is 18.2. The average molecular weight is 394 g/mol. The Hall–Kier alpha value is -3.44. The highest BCUT2D eigenvalue weighted by molar-refractivity contribution is 6.31.